The van der Waals surface area contributed by atoms with E-state index in [0.29, 0.717) is 17.8 Å². The lowest BCUT2D eigenvalue weighted by atomic mass is 10.0. The van der Waals surface area contributed by atoms with Crippen molar-refractivity contribution in [2.24, 2.45) is 0 Å². The molecule has 3 aromatic carbocycles. The predicted molar refractivity (Wildman–Crippen MR) is 125 cm³/mol. The molecule has 0 saturated carbocycles. The molecule has 0 radical (unpaired) electrons. The molecule has 1 fully saturated rings. The van der Waals surface area contributed by atoms with Crippen LogP contribution in [0.2, 0.25) is 0 Å². The molecular weight excluding hydrogens is 424 g/mol. The average Bonchev–Trinajstić information content (AvgIpc) is 3.32. The number of sulfonamides is 1. The Kier molecular flexibility index (Phi) is 6.58. The quantitative estimate of drug-likeness (QED) is 0.560. The molecule has 4 rings (SSSR count). The maximum Gasteiger partial charge on any atom is 0.261 e. The summed E-state index contributed by atoms with van der Waals surface area (Å²) in [5.41, 5.74) is 4.01. The van der Waals surface area contributed by atoms with Gasteiger partial charge in [0.25, 0.3) is 15.9 Å². The summed E-state index contributed by atoms with van der Waals surface area (Å²) in [5, 5.41) is 2.85. The SMILES string of the molecule is Cc1ccccc1-c1ccc(S(=O)(=O)Nc2ccc(C(=O)NCC3CCCO3)cc2)cc1. The predicted octanol–water partition coefficient (Wildman–Crippen LogP) is 4.37. The molecule has 1 aliphatic heterocycles. The van der Waals surface area contributed by atoms with Crippen LogP contribution in [0.3, 0.4) is 0 Å². The maximum absolute atomic E-state index is 12.8. The van der Waals surface area contributed by atoms with Crippen LogP contribution in [0.5, 0.6) is 0 Å². The Labute approximate surface area is 188 Å². The molecule has 6 nitrogen and oxygen atoms in total. The van der Waals surface area contributed by atoms with Crippen LogP contribution in [0.4, 0.5) is 5.69 Å². The Morgan fingerprint density at radius 1 is 1.00 bits per heavy atom. The summed E-state index contributed by atoms with van der Waals surface area (Å²) >= 11 is 0. The molecule has 1 amide bonds. The van der Waals surface area contributed by atoms with Crippen LogP contribution in [0.25, 0.3) is 11.1 Å². The standard InChI is InChI=1S/C25H26N2O4S/c1-18-5-2-3-7-24(18)19-10-14-23(15-11-19)32(29,30)27-21-12-8-20(9-13-21)25(28)26-17-22-6-4-16-31-22/h2-3,5,7-15,22,27H,4,6,16-17H2,1H3,(H,26,28). The third kappa shape index (κ3) is 5.18. The zero-order valence-electron chi connectivity index (χ0n) is 17.9. The molecule has 1 unspecified atom stereocenters. The minimum atomic E-state index is -3.74. The van der Waals surface area contributed by atoms with Crippen LogP contribution >= 0.6 is 0 Å². The van der Waals surface area contributed by atoms with Crippen LogP contribution in [-0.2, 0) is 14.8 Å². The lowest BCUT2D eigenvalue weighted by molar-refractivity contribution is 0.0858. The maximum atomic E-state index is 12.8. The molecule has 32 heavy (non-hydrogen) atoms. The van der Waals surface area contributed by atoms with Crippen LogP contribution in [0, 0.1) is 6.92 Å². The second-order valence-corrected chi connectivity index (χ2v) is 9.55. The van der Waals surface area contributed by atoms with Crippen LogP contribution in [0.15, 0.2) is 77.7 Å². The van der Waals surface area contributed by atoms with Gasteiger partial charge < -0.3 is 10.1 Å². The van der Waals surface area contributed by atoms with E-state index < -0.39 is 10.0 Å². The minimum absolute atomic E-state index is 0.0715. The second kappa shape index (κ2) is 9.54. The van der Waals surface area contributed by atoms with Crippen molar-refractivity contribution in [1.29, 1.82) is 0 Å². The third-order valence-corrected chi connectivity index (χ3v) is 6.93. The summed E-state index contributed by atoms with van der Waals surface area (Å²) in [6, 6.07) is 21.1. The van der Waals surface area contributed by atoms with Crippen LogP contribution in [-0.4, -0.2) is 33.6 Å². The number of aryl methyl sites for hydroxylation is 1. The van der Waals surface area contributed by atoms with Crippen molar-refractivity contribution in [1.82, 2.24) is 5.32 Å². The summed E-state index contributed by atoms with van der Waals surface area (Å²) in [5.74, 6) is -0.207. The molecule has 1 atom stereocenters. The first-order valence-corrected chi connectivity index (χ1v) is 12.1. The van der Waals surface area contributed by atoms with Crippen molar-refractivity contribution in [3.8, 4) is 11.1 Å². The van der Waals surface area contributed by atoms with Gasteiger partial charge in [-0.3, -0.25) is 9.52 Å². The van der Waals surface area contributed by atoms with Gasteiger partial charge in [0.15, 0.2) is 0 Å². The van der Waals surface area contributed by atoms with Crippen molar-refractivity contribution in [3.63, 3.8) is 0 Å². The first kappa shape index (κ1) is 22.0. The zero-order valence-corrected chi connectivity index (χ0v) is 18.7. The van der Waals surface area contributed by atoms with Crippen molar-refractivity contribution in [2.75, 3.05) is 17.9 Å². The smallest absolute Gasteiger partial charge is 0.261 e. The van der Waals surface area contributed by atoms with Gasteiger partial charge in [-0.25, -0.2) is 8.42 Å². The van der Waals surface area contributed by atoms with Gasteiger partial charge in [-0.2, -0.15) is 0 Å². The molecule has 0 aliphatic carbocycles. The summed E-state index contributed by atoms with van der Waals surface area (Å²) in [6.45, 7) is 3.24. The molecule has 7 heteroatoms. The number of carbonyl (C=O) groups excluding carboxylic acids is 1. The van der Waals surface area contributed by atoms with E-state index >= 15 is 0 Å². The van der Waals surface area contributed by atoms with E-state index in [1.54, 1.807) is 48.5 Å². The van der Waals surface area contributed by atoms with Gasteiger partial charge in [0.05, 0.1) is 11.0 Å². The molecule has 3 aromatic rings. The van der Waals surface area contributed by atoms with Gasteiger partial charge >= 0.3 is 0 Å². The number of amides is 1. The first-order chi connectivity index (χ1) is 15.4. The normalized spacial score (nSPS) is 16.0. The largest absolute Gasteiger partial charge is 0.376 e. The van der Waals surface area contributed by atoms with E-state index in [-0.39, 0.29) is 16.9 Å². The molecule has 1 saturated heterocycles. The third-order valence-electron chi connectivity index (χ3n) is 5.53. The summed E-state index contributed by atoms with van der Waals surface area (Å²) in [7, 11) is -3.74. The molecule has 1 aliphatic rings. The Balaban J connectivity index is 1.40. The number of benzene rings is 3. The summed E-state index contributed by atoms with van der Waals surface area (Å²) in [4.78, 5) is 12.5. The number of nitrogens with one attached hydrogen (secondary N) is 2. The molecule has 1 heterocycles. The molecule has 0 spiro atoms. The fraction of sp³-hybridized carbons (Fsp3) is 0.240. The van der Waals surface area contributed by atoms with Crippen LogP contribution in [0.1, 0.15) is 28.8 Å². The lowest BCUT2D eigenvalue weighted by Crippen LogP contribution is -2.31. The average molecular weight is 451 g/mol. The van der Waals surface area contributed by atoms with E-state index in [2.05, 4.69) is 10.0 Å². The molecule has 0 bridgehead atoms. The first-order valence-electron chi connectivity index (χ1n) is 10.6. The lowest BCUT2D eigenvalue weighted by Gasteiger charge is -2.12. The monoisotopic (exact) mass is 450 g/mol. The fourth-order valence-electron chi connectivity index (χ4n) is 3.73. The number of carbonyl (C=O) groups is 1. The van der Waals surface area contributed by atoms with Gasteiger partial charge in [0, 0.05) is 24.4 Å². The van der Waals surface area contributed by atoms with Crippen molar-refractivity contribution in [2.45, 2.75) is 30.8 Å². The summed E-state index contributed by atoms with van der Waals surface area (Å²) < 4.78 is 33.6. The van der Waals surface area contributed by atoms with Gasteiger partial charge in [0.2, 0.25) is 0 Å². The Morgan fingerprint density at radius 2 is 1.72 bits per heavy atom. The Hall–Kier alpha value is -3.16. The number of hydrogen-bond donors (Lipinski definition) is 2. The molecule has 0 aromatic heterocycles. The highest BCUT2D eigenvalue weighted by Crippen LogP contribution is 2.25. The van der Waals surface area contributed by atoms with Gasteiger partial charge in [-0.05, 0) is 72.9 Å². The number of rotatable bonds is 7. The summed E-state index contributed by atoms with van der Waals surface area (Å²) in [6.07, 6.45) is 2.04. The topological polar surface area (TPSA) is 84.5 Å². The van der Waals surface area contributed by atoms with Gasteiger partial charge in [-0.1, -0.05) is 36.4 Å². The van der Waals surface area contributed by atoms with Crippen LogP contribution < -0.4 is 10.0 Å². The molecule has 2 N–H and O–H groups in total. The Bertz CT molecular complexity index is 1180. The number of ether oxygens (including phenoxy) is 1. The van der Waals surface area contributed by atoms with Crippen molar-refractivity contribution < 1.29 is 17.9 Å². The van der Waals surface area contributed by atoms with E-state index in [9.17, 15) is 13.2 Å². The number of anilines is 1. The minimum Gasteiger partial charge on any atom is -0.376 e. The molecular formula is C25H26N2O4S. The molecule has 166 valence electrons. The highest BCUT2D eigenvalue weighted by molar-refractivity contribution is 7.92. The van der Waals surface area contributed by atoms with Gasteiger partial charge in [0.1, 0.15) is 0 Å². The fourth-order valence-corrected chi connectivity index (χ4v) is 4.79. The zero-order chi connectivity index (χ0) is 22.6. The van der Waals surface area contributed by atoms with E-state index in [4.69, 9.17) is 4.74 Å². The van der Waals surface area contributed by atoms with E-state index in [1.807, 2.05) is 31.2 Å². The van der Waals surface area contributed by atoms with Gasteiger partial charge in [-0.15, -0.1) is 0 Å². The highest BCUT2D eigenvalue weighted by atomic mass is 32.2. The van der Waals surface area contributed by atoms with Crippen molar-refractivity contribution in [3.05, 3.63) is 83.9 Å². The number of hydrogen-bond acceptors (Lipinski definition) is 4. The van der Waals surface area contributed by atoms with Crippen molar-refractivity contribution >= 4 is 21.6 Å². The second-order valence-electron chi connectivity index (χ2n) is 7.87. The van der Waals surface area contributed by atoms with E-state index in [0.717, 1.165) is 36.1 Å². The van der Waals surface area contributed by atoms with E-state index in [1.165, 1.54) is 0 Å². The highest BCUT2D eigenvalue weighted by Gasteiger charge is 2.17. The Morgan fingerprint density at radius 3 is 2.38 bits per heavy atom.